The van der Waals surface area contributed by atoms with Gasteiger partial charge in [-0.25, -0.2) is 0 Å². The normalized spacial score (nSPS) is 21.5. The Hall–Kier alpha value is -1.10. The molecule has 1 aliphatic heterocycles. The fourth-order valence-corrected chi connectivity index (χ4v) is 3.82. The van der Waals surface area contributed by atoms with E-state index in [0.29, 0.717) is 19.0 Å². The summed E-state index contributed by atoms with van der Waals surface area (Å²) in [7, 11) is 0. The third kappa shape index (κ3) is 5.48. The minimum absolute atomic E-state index is 0.00193. The quantitative estimate of drug-likeness (QED) is 0.557. The first-order chi connectivity index (χ1) is 11.1. The van der Waals surface area contributed by atoms with Crippen LogP contribution in [-0.2, 0) is 9.59 Å². The molecule has 1 unspecified atom stereocenters. The fraction of sp³-hybridized carbons (Fsp3) is 0.889. The lowest BCUT2D eigenvalue weighted by atomic mass is 10.0. The zero-order valence-electron chi connectivity index (χ0n) is 14.8. The molecule has 0 bridgehead atoms. The molecular formula is C18H33N3O2. The average Bonchev–Trinajstić information content (AvgIpc) is 2.77. The van der Waals surface area contributed by atoms with Crippen LogP contribution in [0.1, 0.15) is 65.2 Å². The van der Waals surface area contributed by atoms with Gasteiger partial charge < -0.3 is 15.5 Å². The van der Waals surface area contributed by atoms with Crippen LogP contribution in [0.5, 0.6) is 0 Å². The smallest absolute Gasteiger partial charge is 0.243 e. The number of nitrogens with zero attached hydrogens (tertiary/aromatic N) is 1. The van der Waals surface area contributed by atoms with E-state index in [1.165, 1.54) is 38.5 Å². The number of hydrogen-bond acceptors (Lipinski definition) is 3. The zero-order chi connectivity index (χ0) is 16.7. The van der Waals surface area contributed by atoms with Crippen molar-refractivity contribution in [3.05, 3.63) is 0 Å². The molecule has 2 fully saturated rings. The van der Waals surface area contributed by atoms with E-state index in [0.717, 1.165) is 19.5 Å². The second-order valence-electron chi connectivity index (χ2n) is 7.31. The number of carbonyl (C=O) groups is 2. The highest BCUT2D eigenvalue weighted by molar-refractivity contribution is 5.88. The van der Waals surface area contributed by atoms with Gasteiger partial charge in [-0.3, -0.25) is 9.59 Å². The number of amides is 2. The van der Waals surface area contributed by atoms with Gasteiger partial charge in [0, 0.05) is 32.1 Å². The van der Waals surface area contributed by atoms with Crippen molar-refractivity contribution in [2.75, 3.05) is 19.6 Å². The summed E-state index contributed by atoms with van der Waals surface area (Å²) >= 11 is 0. The van der Waals surface area contributed by atoms with Gasteiger partial charge in [0.15, 0.2) is 0 Å². The second-order valence-corrected chi connectivity index (χ2v) is 7.31. The Morgan fingerprint density at radius 3 is 2.39 bits per heavy atom. The van der Waals surface area contributed by atoms with Crippen LogP contribution in [0.2, 0.25) is 0 Å². The molecule has 5 nitrogen and oxygen atoms in total. The summed E-state index contributed by atoms with van der Waals surface area (Å²) in [5.41, 5.74) is 0. The van der Waals surface area contributed by atoms with Gasteiger partial charge in [0.05, 0.1) is 0 Å². The highest BCUT2D eigenvalue weighted by atomic mass is 16.2. The summed E-state index contributed by atoms with van der Waals surface area (Å²) in [5.74, 6) is 0.264. The largest absolute Gasteiger partial charge is 0.353 e. The van der Waals surface area contributed by atoms with Crippen LogP contribution in [0.3, 0.4) is 0 Å². The standard InChI is InChI=1S/C18H33N3O2/c1-14(2)17(21-13-7-10-16(21)22)18(23)20-12-11-19-15-8-5-3-4-6-9-15/h14-15,17,19H,3-13H2,1-2H3,(H,20,23). The molecular weight excluding hydrogens is 290 g/mol. The van der Waals surface area contributed by atoms with Crippen molar-refractivity contribution in [3.8, 4) is 0 Å². The first-order valence-corrected chi connectivity index (χ1v) is 9.40. The molecule has 1 atom stereocenters. The van der Waals surface area contributed by atoms with Crippen molar-refractivity contribution in [1.82, 2.24) is 15.5 Å². The van der Waals surface area contributed by atoms with Crippen molar-refractivity contribution in [1.29, 1.82) is 0 Å². The first-order valence-electron chi connectivity index (χ1n) is 9.40. The van der Waals surface area contributed by atoms with Gasteiger partial charge in [0.2, 0.25) is 11.8 Å². The molecule has 2 rings (SSSR count). The summed E-state index contributed by atoms with van der Waals surface area (Å²) < 4.78 is 0. The Kier molecular flexibility index (Phi) is 7.34. The molecule has 0 aromatic rings. The van der Waals surface area contributed by atoms with Crippen molar-refractivity contribution in [3.63, 3.8) is 0 Å². The van der Waals surface area contributed by atoms with Crippen molar-refractivity contribution in [2.45, 2.75) is 77.3 Å². The van der Waals surface area contributed by atoms with Crippen LogP contribution in [0.4, 0.5) is 0 Å². The number of nitrogens with one attached hydrogen (secondary N) is 2. The van der Waals surface area contributed by atoms with Gasteiger partial charge in [0.1, 0.15) is 6.04 Å². The predicted molar refractivity (Wildman–Crippen MR) is 92.1 cm³/mol. The topological polar surface area (TPSA) is 61.4 Å². The third-order valence-electron chi connectivity index (χ3n) is 5.06. The number of carbonyl (C=O) groups excluding carboxylic acids is 2. The maximum Gasteiger partial charge on any atom is 0.243 e. The Morgan fingerprint density at radius 1 is 1.13 bits per heavy atom. The lowest BCUT2D eigenvalue weighted by Crippen LogP contribution is -2.51. The van der Waals surface area contributed by atoms with Crippen LogP contribution in [0.25, 0.3) is 0 Å². The fourth-order valence-electron chi connectivity index (χ4n) is 3.82. The summed E-state index contributed by atoms with van der Waals surface area (Å²) in [6, 6.07) is 0.290. The number of likely N-dealkylation sites (tertiary alicyclic amines) is 1. The minimum atomic E-state index is -0.317. The molecule has 23 heavy (non-hydrogen) atoms. The van der Waals surface area contributed by atoms with E-state index >= 15 is 0 Å². The first kappa shape index (κ1) is 18.2. The van der Waals surface area contributed by atoms with E-state index in [1.54, 1.807) is 4.90 Å². The van der Waals surface area contributed by atoms with E-state index in [9.17, 15) is 9.59 Å². The summed E-state index contributed by atoms with van der Waals surface area (Å²) in [6.07, 6.45) is 9.31. The maximum absolute atomic E-state index is 12.5. The van der Waals surface area contributed by atoms with Crippen LogP contribution in [0.15, 0.2) is 0 Å². The Morgan fingerprint density at radius 2 is 1.83 bits per heavy atom. The summed E-state index contributed by atoms with van der Waals surface area (Å²) in [4.78, 5) is 26.2. The molecule has 2 amide bonds. The Bertz CT molecular complexity index is 390. The van der Waals surface area contributed by atoms with E-state index in [1.807, 2.05) is 13.8 Å². The van der Waals surface area contributed by atoms with Crippen LogP contribution in [-0.4, -0.2) is 48.4 Å². The Labute approximate surface area is 140 Å². The van der Waals surface area contributed by atoms with Gasteiger partial charge in [-0.2, -0.15) is 0 Å². The third-order valence-corrected chi connectivity index (χ3v) is 5.06. The molecule has 2 N–H and O–H groups in total. The molecule has 1 saturated heterocycles. The van der Waals surface area contributed by atoms with E-state index in [2.05, 4.69) is 10.6 Å². The van der Waals surface area contributed by atoms with Crippen molar-refractivity contribution in [2.24, 2.45) is 5.92 Å². The van der Waals surface area contributed by atoms with Gasteiger partial charge in [-0.1, -0.05) is 39.5 Å². The highest BCUT2D eigenvalue weighted by Crippen LogP contribution is 2.19. The molecule has 0 spiro atoms. The minimum Gasteiger partial charge on any atom is -0.353 e. The Balaban J connectivity index is 1.72. The zero-order valence-corrected chi connectivity index (χ0v) is 14.8. The van der Waals surface area contributed by atoms with Gasteiger partial charge in [-0.15, -0.1) is 0 Å². The van der Waals surface area contributed by atoms with Gasteiger partial charge in [-0.05, 0) is 25.2 Å². The van der Waals surface area contributed by atoms with Crippen LogP contribution < -0.4 is 10.6 Å². The molecule has 1 aliphatic carbocycles. The van der Waals surface area contributed by atoms with Crippen molar-refractivity contribution < 1.29 is 9.59 Å². The van der Waals surface area contributed by atoms with Crippen molar-refractivity contribution >= 4 is 11.8 Å². The highest BCUT2D eigenvalue weighted by Gasteiger charge is 2.34. The van der Waals surface area contributed by atoms with E-state index in [-0.39, 0.29) is 23.8 Å². The average molecular weight is 323 g/mol. The summed E-state index contributed by atoms with van der Waals surface area (Å²) in [5, 5.41) is 6.59. The second kappa shape index (κ2) is 9.26. The van der Waals surface area contributed by atoms with Gasteiger partial charge >= 0.3 is 0 Å². The molecule has 0 aromatic heterocycles. The SMILES string of the molecule is CC(C)C(C(=O)NCCNC1CCCCCC1)N1CCCC1=O. The molecule has 132 valence electrons. The molecule has 2 aliphatic rings. The summed E-state index contributed by atoms with van der Waals surface area (Å²) in [6.45, 7) is 6.20. The lowest BCUT2D eigenvalue weighted by molar-refractivity contribution is -0.139. The van der Waals surface area contributed by atoms with Crippen LogP contribution in [0, 0.1) is 5.92 Å². The van der Waals surface area contributed by atoms with Gasteiger partial charge in [0.25, 0.3) is 0 Å². The maximum atomic E-state index is 12.5. The number of hydrogen-bond donors (Lipinski definition) is 2. The van der Waals surface area contributed by atoms with Crippen LogP contribution >= 0.6 is 0 Å². The monoisotopic (exact) mass is 323 g/mol. The molecule has 5 heteroatoms. The lowest BCUT2D eigenvalue weighted by Gasteiger charge is -2.30. The number of rotatable bonds is 7. The molecule has 1 saturated carbocycles. The molecule has 0 radical (unpaired) electrons. The molecule has 1 heterocycles. The van der Waals surface area contributed by atoms with E-state index in [4.69, 9.17) is 0 Å². The predicted octanol–water partition coefficient (Wildman–Crippen LogP) is 2.06. The molecule has 0 aromatic carbocycles. The van der Waals surface area contributed by atoms with E-state index < -0.39 is 0 Å².